The highest BCUT2D eigenvalue weighted by molar-refractivity contribution is 7.89. The quantitative estimate of drug-likeness (QED) is 0.486. The lowest BCUT2D eigenvalue weighted by molar-refractivity contribution is -0.123. The van der Waals surface area contributed by atoms with Crippen LogP contribution in [0.3, 0.4) is 0 Å². The molecule has 1 amide bonds. The Bertz CT molecular complexity index is 674. The molecule has 1 aliphatic rings. The second-order valence-electron chi connectivity index (χ2n) is 5.78. The van der Waals surface area contributed by atoms with E-state index < -0.39 is 28.6 Å². The fraction of sp³-hybridized carbons (Fsp3) is 0.562. The Balaban J connectivity index is 1.88. The molecule has 146 valence electrons. The van der Waals surface area contributed by atoms with Gasteiger partial charge in [-0.3, -0.25) is 9.69 Å². The van der Waals surface area contributed by atoms with Gasteiger partial charge in [-0.1, -0.05) is 0 Å². The number of ether oxygens (including phenoxy) is 2. The first-order valence-corrected chi connectivity index (χ1v) is 9.79. The SMILES string of the molecule is COc1ccc(S(=O)(=O)NC(CO)C(=O)NCCN2CCOCC2)cc1. The summed E-state index contributed by atoms with van der Waals surface area (Å²) in [5.74, 6) is -0.0543. The number of carbonyl (C=O) groups is 1. The smallest absolute Gasteiger partial charge is 0.241 e. The normalized spacial score (nSPS) is 16.8. The monoisotopic (exact) mass is 387 g/mol. The minimum atomic E-state index is -3.94. The van der Waals surface area contributed by atoms with Gasteiger partial charge < -0.3 is 19.9 Å². The maximum atomic E-state index is 12.4. The van der Waals surface area contributed by atoms with Crippen LogP contribution >= 0.6 is 0 Å². The summed E-state index contributed by atoms with van der Waals surface area (Å²) in [4.78, 5) is 14.3. The molecule has 0 aliphatic carbocycles. The van der Waals surface area contributed by atoms with E-state index in [0.717, 1.165) is 13.1 Å². The van der Waals surface area contributed by atoms with E-state index in [1.165, 1.54) is 31.4 Å². The first-order valence-electron chi connectivity index (χ1n) is 8.31. The van der Waals surface area contributed by atoms with Gasteiger partial charge in [0.2, 0.25) is 15.9 Å². The number of aliphatic hydroxyl groups is 1. The van der Waals surface area contributed by atoms with Crippen molar-refractivity contribution in [1.29, 1.82) is 0 Å². The number of aliphatic hydroxyl groups excluding tert-OH is 1. The lowest BCUT2D eigenvalue weighted by atomic mass is 10.3. The van der Waals surface area contributed by atoms with Crippen LogP contribution in [0.25, 0.3) is 0 Å². The predicted octanol–water partition coefficient (Wildman–Crippen LogP) is -1.22. The number of benzene rings is 1. The number of hydrogen-bond acceptors (Lipinski definition) is 7. The Hall–Kier alpha value is -1.72. The number of nitrogens with zero attached hydrogens (tertiary/aromatic N) is 1. The molecule has 26 heavy (non-hydrogen) atoms. The highest BCUT2D eigenvalue weighted by Crippen LogP contribution is 2.15. The Kier molecular flexibility index (Phi) is 7.79. The van der Waals surface area contributed by atoms with E-state index >= 15 is 0 Å². The van der Waals surface area contributed by atoms with Crippen molar-refractivity contribution in [3.8, 4) is 5.75 Å². The molecule has 1 heterocycles. The minimum Gasteiger partial charge on any atom is -0.497 e. The molecule has 0 radical (unpaired) electrons. The maximum absolute atomic E-state index is 12.4. The van der Waals surface area contributed by atoms with Gasteiger partial charge in [0.05, 0.1) is 31.8 Å². The molecular formula is C16H25N3O6S. The number of sulfonamides is 1. The molecule has 3 N–H and O–H groups in total. The van der Waals surface area contributed by atoms with E-state index in [0.29, 0.717) is 32.1 Å². The van der Waals surface area contributed by atoms with Gasteiger partial charge in [-0.15, -0.1) is 0 Å². The first kappa shape index (κ1) is 20.6. The van der Waals surface area contributed by atoms with E-state index in [4.69, 9.17) is 9.47 Å². The average Bonchev–Trinajstić information content (AvgIpc) is 2.67. The van der Waals surface area contributed by atoms with Crippen molar-refractivity contribution in [3.05, 3.63) is 24.3 Å². The summed E-state index contributed by atoms with van der Waals surface area (Å²) in [6.45, 7) is 3.27. The van der Waals surface area contributed by atoms with E-state index in [9.17, 15) is 18.3 Å². The van der Waals surface area contributed by atoms with E-state index in [1.807, 2.05) is 0 Å². The molecule has 1 atom stereocenters. The molecule has 9 nitrogen and oxygen atoms in total. The molecular weight excluding hydrogens is 362 g/mol. The van der Waals surface area contributed by atoms with Crippen LogP contribution < -0.4 is 14.8 Å². The van der Waals surface area contributed by atoms with Crippen molar-refractivity contribution in [1.82, 2.24) is 14.9 Å². The van der Waals surface area contributed by atoms with Crippen molar-refractivity contribution >= 4 is 15.9 Å². The molecule has 1 fully saturated rings. The van der Waals surface area contributed by atoms with Crippen LogP contribution in [0.4, 0.5) is 0 Å². The summed E-state index contributed by atoms with van der Waals surface area (Å²) in [5, 5.41) is 12.0. The summed E-state index contributed by atoms with van der Waals surface area (Å²) in [7, 11) is -2.46. The summed E-state index contributed by atoms with van der Waals surface area (Å²) in [6.07, 6.45) is 0. The van der Waals surface area contributed by atoms with Gasteiger partial charge in [-0.25, -0.2) is 8.42 Å². The third kappa shape index (κ3) is 5.92. The standard InChI is InChI=1S/C16H25N3O6S/c1-24-13-2-4-14(5-3-13)26(22,23)18-15(12-20)16(21)17-6-7-19-8-10-25-11-9-19/h2-5,15,18,20H,6-12H2,1H3,(H,17,21). The molecule has 10 heteroatoms. The Morgan fingerprint density at radius 2 is 1.96 bits per heavy atom. The number of rotatable bonds is 9. The van der Waals surface area contributed by atoms with Crippen LogP contribution in [0, 0.1) is 0 Å². The van der Waals surface area contributed by atoms with Crippen LogP contribution in [0.1, 0.15) is 0 Å². The van der Waals surface area contributed by atoms with Gasteiger partial charge in [0.15, 0.2) is 0 Å². The second-order valence-corrected chi connectivity index (χ2v) is 7.49. The number of methoxy groups -OCH3 is 1. The Labute approximate surface area is 153 Å². The fourth-order valence-electron chi connectivity index (χ4n) is 2.47. The van der Waals surface area contributed by atoms with Gasteiger partial charge in [-0.05, 0) is 24.3 Å². The topological polar surface area (TPSA) is 117 Å². The Morgan fingerprint density at radius 3 is 2.54 bits per heavy atom. The molecule has 0 aromatic heterocycles. The van der Waals surface area contributed by atoms with E-state index in [1.54, 1.807) is 0 Å². The molecule has 2 rings (SSSR count). The van der Waals surface area contributed by atoms with Crippen molar-refractivity contribution in [2.75, 3.05) is 53.1 Å². The van der Waals surface area contributed by atoms with Crippen LogP contribution in [0.15, 0.2) is 29.2 Å². The van der Waals surface area contributed by atoms with Crippen molar-refractivity contribution < 1.29 is 27.8 Å². The molecule has 0 saturated carbocycles. The summed E-state index contributed by atoms with van der Waals surface area (Å²) >= 11 is 0. The number of amides is 1. The lowest BCUT2D eigenvalue weighted by Gasteiger charge is -2.26. The summed E-state index contributed by atoms with van der Waals surface area (Å²) < 4.78 is 37.2. The molecule has 1 unspecified atom stereocenters. The van der Waals surface area contributed by atoms with Gasteiger partial charge in [-0.2, -0.15) is 4.72 Å². The van der Waals surface area contributed by atoms with E-state index in [2.05, 4.69) is 14.9 Å². The molecule has 1 aromatic carbocycles. The van der Waals surface area contributed by atoms with Crippen LogP contribution in [0.2, 0.25) is 0 Å². The van der Waals surface area contributed by atoms with Gasteiger partial charge >= 0.3 is 0 Å². The molecule has 1 aliphatic heterocycles. The largest absolute Gasteiger partial charge is 0.497 e. The molecule has 1 saturated heterocycles. The van der Waals surface area contributed by atoms with Crippen molar-refractivity contribution in [2.45, 2.75) is 10.9 Å². The van der Waals surface area contributed by atoms with E-state index in [-0.39, 0.29) is 4.90 Å². The lowest BCUT2D eigenvalue weighted by Crippen LogP contribution is -2.50. The molecule has 0 spiro atoms. The maximum Gasteiger partial charge on any atom is 0.241 e. The number of carbonyl (C=O) groups excluding carboxylic acids is 1. The fourth-order valence-corrected chi connectivity index (χ4v) is 3.66. The Morgan fingerprint density at radius 1 is 1.31 bits per heavy atom. The highest BCUT2D eigenvalue weighted by Gasteiger charge is 2.25. The third-order valence-electron chi connectivity index (χ3n) is 4.00. The number of morpholine rings is 1. The second kappa shape index (κ2) is 9.83. The van der Waals surface area contributed by atoms with Gasteiger partial charge in [0.1, 0.15) is 11.8 Å². The zero-order chi connectivity index (χ0) is 19.0. The summed E-state index contributed by atoms with van der Waals surface area (Å²) in [6, 6.07) is 4.49. The van der Waals surface area contributed by atoms with Crippen molar-refractivity contribution in [3.63, 3.8) is 0 Å². The third-order valence-corrected chi connectivity index (χ3v) is 5.48. The zero-order valence-corrected chi connectivity index (χ0v) is 15.5. The first-order chi connectivity index (χ1) is 12.5. The number of nitrogens with one attached hydrogen (secondary N) is 2. The van der Waals surface area contributed by atoms with Crippen LogP contribution in [-0.4, -0.2) is 83.5 Å². The van der Waals surface area contributed by atoms with Gasteiger partial charge in [0.25, 0.3) is 0 Å². The average molecular weight is 387 g/mol. The molecule has 1 aromatic rings. The number of hydrogen-bond donors (Lipinski definition) is 3. The summed E-state index contributed by atoms with van der Waals surface area (Å²) in [5.41, 5.74) is 0. The van der Waals surface area contributed by atoms with Crippen LogP contribution in [-0.2, 0) is 19.6 Å². The zero-order valence-electron chi connectivity index (χ0n) is 14.7. The van der Waals surface area contributed by atoms with Crippen LogP contribution in [0.5, 0.6) is 5.75 Å². The van der Waals surface area contributed by atoms with Gasteiger partial charge in [0, 0.05) is 26.2 Å². The highest BCUT2D eigenvalue weighted by atomic mass is 32.2. The predicted molar refractivity (Wildman–Crippen MR) is 94.5 cm³/mol. The minimum absolute atomic E-state index is 0.0159. The van der Waals surface area contributed by atoms with Crippen molar-refractivity contribution in [2.24, 2.45) is 0 Å². The molecule has 0 bridgehead atoms.